The minimum atomic E-state index is -2.95. The zero-order valence-corrected chi connectivity index (χ0v) is 16.9. The number of carbonyl (C=O) groups excluding carboxylic acids is 4. The first-order valence-corrected chi connectivity index (χ1v) is 9.84. The Morgan fingerprint density at radius 3 is 2.48 bits per heavy atom. The van der Waals surface area contributed by atoms with E-state index in [1.807, 2.05) is 0 Å². The largest absolute Gasteiger partial charge is 0.455 e. The second kappa shape index (κ2) is 9.27. The number of esters is 1. The van der Waals surface area contributed by atoms with Gasteiger partial charge in [0.1, 0.15) is 11.3 Å². The van der Waals surface area contributed by atoms with Crippen molar-refractivity contribution in [1.29, 1.82) is 0 Å². The van der Waals surface area contributed by atoms with Crippen molar-refractivity contribution in [2.45, 2.75) is 51.2 Å². The maximum absolute atomic E-state index is 12.7. The minimum Gasteiger partial charge on any atom is -0.455 e. The summed E-state index contributed by atoms with van der Waals surface area (Å²) < 4.78 is 33.4. The summed E-state index contributed by atoms with van der Waals surface area (Å²) >= 11 is 0. The van der Waals surface area contributed by atoms with Gasteiger partial charge in [-0.25, -0.2) is 4.79 Å². The second-order valence-corrected chi connectivity index (χ2v) is 7.73. The maximum Gasteiger partial charge on any atom is 0.387 e. The van der Waals surface area contributed by atoms with Crippen LogP contribution in [0.5, 0.6) is 5.75 Å². The van der Waals surface area contributed by atoms with Gasteiger partial charge < -0.3 is 14.8 Å². The molecule has 1 saturated carbocycles. The Morgan fingerprint density at radius 2 is 1.87 bits per heavy atom. The molecule has 1 aliphatic carbocycles. The summed E-state index contributed by atoms with van der Waals surface area (Å²) in [7, 11) is 0. The van der Waals surface area contributed by atoms with Crippen molar-refractivity contribution in [3.8, 4) is 5.75 Å². The van der Waals surface area contributed by atoms with Crippen LogP contribution in [0.2, 0.25) is 0 Å². The number of alkyl halides is 2. The molecule has 0 aromatic heterocycles. The molecule has 31 heavy (non-hydrogen) atoms. The lowest BCUT2D eigenvalue weighted by Crippen LogP contribution is -2.52. The summed E-state index contributed by atoms with van der Waals surface area (Å²) in [5.41, 5.74) is 1.65. The van der Waals surface area contributed by atoms with Crippen LogP contribution in [-0.2, 0) is 25.5 Å². The number of hydrogen-bond donors (Lipinski definition) is 2. The number of halogens is 2. The lowest BCUT2D eigenvalue weighted by atomic mass is 9.77. The van der Waals surface area contributed by atoms with Crippen LogP contribution < -0.4 is 15.5 Å². The topological polar surface area (TPSA) is 114 Å². The number of amides is 4. The van der Waals surface area contributed by atoms with Gasteiger partial charge in [-0.1, -0.05) is 19.1 Å². The van der Waals surface area contributed by atoms with Crippen LogP contribution in [0.4, 0.5) is 13.6 Å². The van der Waals surface area contributed by atoms with Gasteiger partial charge in [-0.2, -0.15) is 13.8 Å². The Labute approximate surface area is 177 Å². The summed E-state index contributed by atoms with van der Waals surface area (Å²) in [4.78, 5) is 48.8. The molecule has 4 amide bonds. The second-order valence-electron chi connectivity index (χ2n) is 7.73. The van der Waals surface area contributed by atoms with E-state index < -0.39 is 42.6 Å². The van der Waals surface area contributed by atoms with E-state index in [9.17, 15) is 28.0 Å². The Morgan fingerprint density at radius 1 is 1.23 bits per heavy atom. The van der Waals surface area contributed by atoms with Gasteiger partial charge in [0.15, 0.2) is 6.61 Å². The van der Waals surface area contributed by atoms with Crippen molar-refractivity contribution in [2.75, 3.05) is 6.61 Å². The lowest BCUT2D eigenvalue weighted by Gasteiger charge is -2.33. The molecule has 2 aliphatic rings. The molecular formula is C20H23F2N3O6. The fraction of sp³-hybridized carbons (Fsp3) is 0.500. The Bertz CT molecular complexity index is 853. The zero-order chi connectivity index (χ0) is 22.6. The molecule has 9 nitrogen and oxygen atoms in total. The third kappa shape index (κ3) is 5.47. The lowest BCUT2D eigenvalue weighted by molar-refractivity contribution is -0.150. The van der Waals surface area contributed by atoms with E-state index >= 15 is 0 Å². The number of nitrogens with one attached hydrogen (secondary N) is 2. The minimum absolute atomic E-state index is 0.0507. The van der Waals surface area contributed by atoms with Gasteiger partial charge in [0.05, 0.1) is 6.42 Å². The van der Waals surface area contributed by atoms with Crippen molar-refractivity contribution in [2.24, 2.45) is 5.92 Å². The molecule has 1 heterocycles. The Balaban J connectivity index is 1.46. The van der Waals surface area contributed by atoms with Crippen molar-refractivity contribution < 1.29 is 37.4 Å². The van der Waals surface area contributed by atoms with E-state index in [1.54, 1.807) is 0 Å². The van der Waals surface area contributed by atoms with Gasteiger partial charge in [0.25, 0.3) is 11.8 Å². The molecule has 0 bridgehead atoms. The monoisotopic (exact) mass is 439 g/mol. The summed E-state index contributed by atoms with van der Waals surface area (Å²) in [6.07, 6.45) is 2.39. The normalized spacial score (nSPS) is 23.1. The first-order chi connectivity index (χ1) is 14.7. The highest BCUT2D eigenvalue weighted by molar-refractivity contribution is 6.08. The third-order valence-corrected chi connectivity index (χ3v) is 5.39. The van der Waals surface area contributed by atoms with Crippen LogP contribution in [-0.4, -0.2) is 47.6 Å². The molecule has 168 valence electrons. The number of carbonyl (C=O) groups is 4. The molecule has 2 N–H and O–H groups in total. The van der Waals surface area contributed by atoms with Crippen molar-refractivity contribution in [1.82, 2.24) is 15.8 Å². The van der Waals surface area contributed by atoms with Gasteiger partial charge in [0, 0.05) is 0 Å². The number of benzene rings is 1. The highest BCUT2D eigenvalue weighted by Gasteiger charge is 2.52. The molecule has 0 atom stereocenters. The molecule has 1 aromatic rings. The Hall–Kier alpha value is -3.24. The highest BCUT2D eigenvalue weighted by atomic mass is 19.3. The molecule has 11 heteroatoms. The number of hydrogen-bond acceptors (Lipinski definition) is 6. The average molecular weight is 439 g/mol. The fourth-order valence-corrected chi connectivity index (χ4v) is 3.63. The molecule has 1 spiro atoms. The van der Waals surface area contributed by atoms with Gasteiger partial charge >= 0.3 is 18.6 Å². The number of imide groups is 1. The molecule has 1 saturated heterocycles. The number of ether oxygens (including phenoxy) is 2. The van der Waals surface area contributed by atoms with Crippen LogP contribution >= 0.6 is 0 Å². The van der Waals surface area contributed by atoms with Crippen LogP contribution in [0.15, 0.2) is 24.3 Å². The molecule has 1 aliphatic heterocycles. The van der Waals surface area contributed by atoms with Crippen LogP contribution in [0.1, 0.15) is 38.2 Å². The predicted molar refractivity (Wildman–Crippen MR) is 102 cm³/mol. The third-order valence-electron chi connectivity index (χ3n) is 5.39. The van der Waals surface area contributed by atoms with E-state index in [0.29, 0.717) is 29.3 Å². The molecule has 1 aromatic carbocycles. The van der Waals surface area contributed by atoms with Crippen molar-refractivity contribution >= 4 is 23.8 Å². The quantitative estimate of drug-likeness (QED) is 0.496. The van der Waals surface area contributed by atoms with E-state index in [1.165, 1.54) is 24.3 Å². The predicted octanol–water partition coefficient (Wildman–Crippen LogP) is 1.91. The summed E-state index contributed by atoms with van der Waals surface area (Å²) in [5, 5.41) is 3.30. The van der Waals surface area contributed by atoms with Crippen LogP contribution in [0.3, 0.4) is 0 Å². The average Bonchev–Trinajstić information content (AvgIpc) is 2.94. The number of urea groups is 1. The standard InChI is InChI=1S/C20H23F2N3O6/c1-12-6-8-20(9-7-12)17(28)25(19(29)23-20)24-15(26)11-30-16(27)10-13-2-4-14(5-3-13)31-18(21)22/h2-5,12,18H,6-11H2,1H3,(H,23,29)(H,24,26). The SMILES string of the molecule is CC1CCC2(CC1)NC(=O)N(NC(=O)COC(=O)Cc1ccc(OC(F)F)cc1)C2=O. The number of nitrogens with zero attached hydrogens (tertiary/aromatic N) is 1. The summed E-state index contributed by atoms with van der Waals surface area (Å²) in [6.45, 7) is -1.56. The van der Waals surface area contributed by atoms with Gasteiger partial charge in [-0.15, -0.1) is 0 Å². The van der Waals surface area contributed by atoms with E-state index in [-0.39, 0.29) is 12.2 Å². The van der Waals surface area contributed by atoms with Crippen LogP contribution in [0, 0.1) is 5.92 Å². The smallest absolute Gasteiger partial charge is 0.387 e. The van der Waals surface area contributed by atoms with E-state index in [0.717, 1.165) is 12.8 Å². The molecule has 0 radical (unpaired) electrons. The highest BCUT2D eigenvalue weighted by Crippen LogP contribution is 2.35. The van der Waals surface area contributed by atoms with Crippen molar-refractivity contribution in [3.05, 3.63) is 29.8 Å². The van der Waals surface area contributed by atoms with Gasteiger partial charge in [-0.3, -0.25) is 19.8 Å². The summed E-state index contributed by atoms with van der Waals surface area (Å²) in [6, 6.07) is 4.67. The Kier molecular flexibility index (Phi) is 6.71. The van der Waals surface area contributed by atoms with E-state index in [2.05, 4.69) is 22.4 Å². The molecular weight excluding hydrogens is 416 g/mol. The zero-order valence-electron chi connectivity index (χ0n) is 16.9. The summed E-state index contributed by atoms with van der Waals surface area (Å²) in [5.74, 6) is -1.68. The molecule has 3 rings (SSSR count). The maximum atomic E-state index is 12.7. The van der Waals surface area contributed by atoms with Gasteiger partial charge in [0.2, 0.25) is 0 Å². The fourth-order valence-electron chi connectivity index (χ4n) is 3.63. The first-order valence-electron chi connectivity index (χ1n) is 9.84. The molecule has 2 fully saturated rings. The van der Waals surface area contributed by atoms with Crippen molar-refractivity contribution in [3.63, 3.8) is 0 Å². The van der Waals surface area contributed by atoms with Crippen LogP contribution in [0.25, 0.3) is 0 Å². The number of rotatable bonds is 7. The first kappa shape index (κ1) is 22.4. The molecule has 0 unspecified atom stereocenters. The van der Waals surface area contributed by atoms with Gasteiger partial charge in [-0.05, 0) is 49.3 Å². The van der Waals surface area contributed by atoms with E-state index in [4.69, 9.17) is 4.74 Å². The number of hydrazine groups is 1.